The van der Waals surface area contributed by atoms with Crippen LogP contribution in [0.5, 0.6) is 0 Å². The second-order valence-electron chi connectivity index (χ2n) is 15.7. The molecule has 7 unspecified atom stereocenters. The first-order valence-corrected chi connectivity index (χ1v) is 16.3. The third-order valence-electron chi connectivity index (χ3n) is 12.1. The molecule has 0 aromatic heterocycles. The molecule has 0 spiro atoms. The van der Waals surface area contributed by atoms with Crippen molar-refractivity contribution >= 4 is 5.97 Å². The minimum absolute atomic E-state index is 0.0775. The number of carbonyl (C=O) groups is 1. The van der Waals surface area contributed by atoms with Crippen molar-refractivity contribution in [3.63, 3.8) is 0 Å². The van der Waals surface area contributed by atoms with Crippen molar-refractivity contribution in [2.24, 2.45) is 52.3 Å². The molecule has 3 saturated carbocycles. The summed E-state index contributed by atoms with van der Waals surface area (Å²) < 4.78 is 11.6. The smallest absolute Gasteiger partial charge is 0.332 e. The van der Waals surface area contributed by atoms with Crippen LogP contribution in [0, 0.1) is 52.3 Å². The summed E-state index contributed by atoms with van der Waals surface area (Å²) in [7, 11) is 0. The second kappa shape index (κ2) is 11.6. The number of rotatable bonds is 9. The molecule has 4 aliphatic rings. The molecule has 0 bridgehead atoms. The zero-order chi connectivity index (χ0) is 27.9. The van der Waals surface area contributed by atoms with Gasteiger partial charge in [-0.2, -0.15) is 0 Å². The Morgan fingerprint density at radius 3 is 2.42 bits per heavy atom. The van der Waals surface area contributed by atoms with E-state index in [0.717, 1.165) is 54.3 Å². The molecular formula is C35H60O3. The average molecular weight is 529 g/mol. The number of fused-ring (bicyclic) bond motifs is 5. The maximum absolute atomic E-state index is 12.2. The normalized spacial score (nSPS) is 38.6. The van der Waals surface area contributed by atoms with Crippen molar-refractivity contribution in [2.45, 2.75) is 145 Å². The summed E-state index contributed by atoms with van der Waals surface area (Å²) in [6.07, 6.45) is 17.2. The summed E-state index contributed by atoms with van der Waals surface area (Å²) in [6, 6.07) is 0. The van der Waals surface area contributed by atoms with Gasteiger partial charge in [-0.05, 0) is 131 Å². The Morgan fingerprint density at radius 2 is 1.76 bits per heavy atom. The molecule has 0 amide bonds. The molecule has 0 aliphatic heterocycles. The summed E-state index contributed by atoms with van der Waals surface area (Å²) in [5.41, 5.74) is 2.04. The van der Waals surface area contributed by atoms with Gasteiger partial charge in [-0.25, -0.2) is 4.79 Å². The predicted octanol–water partition coefficient (Wildman–Crippen LogP) is 9.39. The van der Waals surface area contributed by atoms with Crippen molar-refractivity contribution in [3.8, 4) is 0 Å². The summed E-state index contributed by atoms with van der Waals surface area (Å²) in [4.78, 5) is 12.2. The molecule has 218 valence electrons. The topological polar surface area (TPSA) is 35.5 Å². The van der Waals surface area contributed by atoms with Crippen LogP contribution in [0.1, 0.15) is 133 Å². The fraction of sp³-hybridized carbons (Fsp3) is 0.914. The van der Waals surface area contributed by atoms with E-state index in [1.807, 2.05) is 20.8 Å². The fourth-order valence-corrected chi connectivity index (χ4v) is 9.99. The molecule has 0 heterocycles. The van der Waals surface area contributed by atoms with Gasteiger partial charge in [0.1, 0.15) is 12.2 Å². The van der Waals surface area contributed by atoms with Gasteiger partial charge in [0.05, 0.1) is 6.10 Å². The largest absolute Gasteiger partial charge is 0.458 e. The highest BCUT2D eigenvalue weighted by molar-refractivity contribution is 5.71. The third kappa shape index (κ3) is 6.08. The van der Waals surface area contributed by atoms with E-state index >= 15 is 0 Å². The summed E-state index contributed by atoms with van der Waals surface area (Å²) in [5, 5.41) is 0. The van der Waals surface area contributed by atoms with Crippen molar-refractivity contribution in [2.75, 3.05) is 6.61 Å². The molecule has 3 heteroatoms. The van der Waals surface area contributed by atoms with Crippen LogP contribution in [0.3, 0.4) is 0 Å². The van der Waals surface area contributed by atoms with Gasteiger partial charge in [-0.3, -0.25) is 0 Å². The van der Waals surface area contributed by atoms with E-state index in [4.69, 9.17) is 9.47 Å². The molecule has 4 rings (SSSR count). The highest BCUT2D eigenvalue weighted by atomic mass is 16.6. The van der Waals surface area contributed by atoms with Crippen molar-refractivity contribution < 1.29 is 14.3 Å². The highest BCUT2D eigenvalue weighted by Gasteiger charge is 2.59. The molecule has 4 aliphatic carbocycles. The lowest BCUT2D eigenvalue weighted by Crippen LogP contribution is -2.51. The Bertz CT molecular complexity index is 852. The van der Waals surface area contributed by atoms with E-state index in [9.17, 15) is 4.79 Å². The Balaban J connectivity index is 1.38. The van der Waals surface area contributed by atoms with E-state index in [-0.39, 0.29) is 18.7 Å². The van der Waals surface area contributed by atoms with Gasteiger partial charge in [0.2, 0.25) is 0 Å². The zero-order valence-electron chi connectivity index (χ0n) is 26.4. The van der Waals surface area contributed by atoms with Crippen LogP contribution in [0.2, 0.25) is 0 Å². The van der Waals surface area contributed by atoms with E-state index in [1.165, 1.54) is 57.8 Å². The Labute approximate surface area is 235 Å². The summed E-state index contributed by atoms with van der Waals surface area (Å²) in [5.74, 6) is 5.82. The first-order chi connectivity index (χ1) is 17.8. The van der Waals surface area contributed by atoms with Crippen LogP contribution in [0.15, 0.2) is 11.6 Å². The van der Waals surface area contributed by atoms with E-state index in [1.54, 1.807) is 5.57 Å². The number of hydrogen-bond acceptors (Lipinski definition) is 3. The van der Waals surface area contributed by atoms with Gasteiger partial charge in [-0.1, -0.05) is 66.0 Å². The minimum atomic E-state index is -0.453. The van der Waals surface area contributed by atoms with Gasteiger partial charge in [0.25, 0.3) is 0 Å². The Hall–Kier alpha value is -0.830. The maximum atomic E-state index is 12.2. The molecule has 38 heavy (non-hydrogen) atoms. The minimum Gasteiger partial charge on any atom is -0.458 e. The van der Waals surface area contributed by atoms with Crippen LogP contribution >= 0.6 is 0 Å². The van der Waals surface area contributed by atoms with Crippen LogP contribution in [0.4, 0.5) is 0 Å². The van der Waals surface area contributed by atoms with Crippen LogP contribution in [-0.2, 0) is 14.3 Å². The van der Waals surface area contributed by atoms with Gasteiger partial charge in [0, 0.05) is 0 Å². The van der Waals surface area contributed by atoms with Crippen LogP contribution < -0.4 is 0 Å². The predicted molar refractivity (Wildman–Crippen MR) is 158 cm³/mol. The lowest BCUT2D eigenvalue weighted by molar-refractivity contribution is -0.163. The Kier molecular flexibility index (Phi) is 9.18. The second-order valence-corrected chi connectivity index (χ2v) is 15.7. The molecule has 0 aromatic rings. The lowest BCUT2D eigenvalue weighted by atomic mass is 9.47. The molecule has 3 fully saturated rings. The molecule has 0 radical (unpaired) electrons. The number of allylic oxidation sites excluding steroid dienone is 1. The standard InChI is InChI=1S/C35H60O3/c1-10-25(23(2)3)12-11-24(4)29-15-16-30-28-14-13-26-21-27(37-22-32(36)38-33(5,6)7)17-19-34(26,8)31(28)18-20-35(29,30)9/h13,23-25,27-31H,10-12,14-22H2,1-9H3/t24?,25?,27?,28?,29?,30?,31?,34-,35+/m0/s1. The van der Waals surface area contributed by atoms with E-state index in [0.29, 0.717) is 10.8 Å². The van der Waals surface area contributed by atoms with Crippen molar-refractivity contribution in [1.82, 2.24) is 0 Å². The molecule has 3 nitrogen and oxygen atoms in total. The van der Waals surface area contributed by atoms with E-state index < -0.39 is 5.60 Å². The van der Waals surface area contributed by atoms with E-state index in [2.05, 4.69) is 47.6 Å². The molecule has 0 N–H and O–H groups in total. The number of esters is 1. The first-order valence-electron chi connectivity index (χ1n) is 16.3. The fourth-order valence-electron chi connectivity index (χ4n) is 9.99. The SMILES string of the molecule is CCC(CCC(C)C1CCC2C3CC=C4CC(OCC(=O)OC(C)(C)C)CC[C@]4(C)C3CC[C@]12C)C(C)C. The molecular weight excluding hydrogens is 468 g/mol. The zero-order valence-corrected chi connectivity index (χ0v) is 26.4. The van der Waals surface area contributed by atoms with Gasteiger partial charge >= 0.3 is 5.97 Å². The van der Waals surface area contributed by atoms with Crippen molar-refractivity contribution in [3.05, 3.63) is 11.6 Å². The summed E-state index contributed by atoms with van der Waals surface area (Å²) >= 11 is 0. The molecule has 0 saturated heterocycles. The van der Waals surface area contributed by atoms with Gasteiger partial charge in [0.15, 0.2) is 0 Å². The monoisotopic (exact) mass is 528 g/mol. The van der Waals surface area contributed by atoms with Crippen molar-refractivity contribution in [1.29, 1.82) is 0 Å². The third-order valence-corrected chi connectivity index (χ3v) is 12.1. The van der Waals surface area contributed by atoms with Crippen LogP contribution in [-0.4, -0.2) is 24.3 Å². The summed E-state index contributed by atoms with van der Waals surface area (Å²) in [6.45, 7) is 20.9. The lowest BCUT2D eigenvalue weighted by Gasteiger charge is -2.58. The number of ether oxygens (including phenoxy) is 2. The Morgan fingerprint density at radius 1 is 1.03 bits per heavy atom. The molecule has 9 atom stereocenters. The molecule has 0 aromatic carbocycles. The van der Waals surface area contributed by atoms with Crippen LogP contribution in [0.25, 0.3) is 0 Å². The first kappa shape index (κ1) is 30.1. The number of hydrogen-bond donors (Lipinski definition) is 0. The quantitative estimate of drug-likeness (QED) is 0.221. The number of carbonyl (C=O) groups excluding carboxylic acids is 1. The van der Waals surface area contributed by atoms with Gasteiger partial charge < -0.3 is 9.47 Å². The highest BCUT2D eigenvalue weighted by Crippen LogP contribution is 2.67. The average Bonchev–Trinajstić information content (AvgIpc) is 3.19. The van der Waals surface area contributed by atoms with Gasteiger partial charge in [-0.15, -0.1) is 0 Å². The maximum Gasteiger partial charge on any atom is 0.332 e.